The van der Waals surface area contributed by atoms with Crippen molar-refractivity contribution in [3.63, 3.8) is 0 Å². The fourth-order valence-corrected chi connectivity index (χ4v) is 2.89. The summed E-state index contributed by atoms with van der Waals surface area (Å²) in [6, 6.07) is 9.94. The smallest absolute Gasteiger partial charge is 0.160 e. The maximum absolute atomic E-state index is 9.71. The van der Waals surface area contributed by atoms with Crippen LogP contribution in [0.4, 0.5) is 0 Å². The molecule has 0 aliphatic carbocycles. The van der Waals surface area contributed by atoms with Crippen LogP contribution in [0.25, 0.3) is 0 Å². The third kappa shape index (κ3) is 2.47. The molecule has 20 heavy (non-hydrogen) atoms. The van der Waals surface area contributed by atoms with Crippen molar-refractivity contribution < 1.29 is 24.1 Å². The summed E-state index contributed by atoms with van der Waals surface area (Å²) < 4.78 is 22.8. The van der Waals surface area contributed by atoms with Gasteiger partial charge in [0.25, 0.3) is 0 Å². The van der Waals surface area contributed by atoms with Gasteiger partial charge in [-0.2, -0.15) is 0 Å². The maximum atomic E-state index is 9.71. The quantitative estimate of drug-likeness (QED) is 0.875. The number of methoxy groups -OCH3 is 1. The van der Waals surface area contributed by atoms with Gasteiger partial charge in [0.2, 0.25) is 0 Å². The molecule has 110 valence electrons. The highest BCUT2D eigenvalue weighted by molar-refractivity contribution is 5.14. The number of hydrogen-bond acceptors (Lipinski definition) is 5. The molecule has 1 aromatic carbocycles. The predicted octanol–water partition coefficient (Wildman–Crippen LogP) is 1.09. The Kier molecular flexibility index (Phi) is 4.05. The van der Waals surface area contributed by atoms with Crippen LogP contribution in [0.5, 0.6) is 0 Å². The first kappa shape index (κ1) is 14.0. The summed E-state index contributed by atoms with van der Waals surface area (Å²) in [5.41, 5.74) is 0.284. The molecule has 1 N–H and O–H groups in total. The third-order valence-corrected chi connectivity index (χ3v) is 3.99. The Labute approximate surface area is 118 Å². The van der Waals surface area contributed by atoms with Gasteiger partial charge in [0, 0.05) is 13.5 Å². The van der Waals surface area contributed by atoms with Crippen molar-refractivity contribution in [2.45, 2.75) is 37.1 Å². The Bertz CT molecular complexity index is 437. The first-order chi connectivity index (χ1) is 9.77. The molecule has 0 saturated carbocycles. The van der Waals surface area contributed by atoms with Gasteiger partial charge in [0.15, 0.2) is 6.29 Å². The SMILES string of the molecule is COC1CC2OCC(CO)(O1)C2OCc1ccccc1. The van der Waals surface area contributed by atoms with Gasteiger partial charge in [0.05, 0.1) is 25.9 Å². The molecule has 0 amide bonds. The van der Waals surface area contributed by atoms with Crippen molar-refractivity contribution in [2.24, 2.45) is 0 Å². The summed E-state index contributed by atoms with van der Waals surface area (Å²) in [6.07, 6.45) is -0.0764. The lowest BCUT2D eigenvalue weighted by atomic mass is 9.92. The van der Waals surface area contributed by atoms with Crippen molar-refractivity contribution in [3.05, 3.63) is 35.9 Å². The molecule has 2 saturated heterocycles. The highest BCUT2D eigenvalue weighted by atomic mass is 16.7. The molecular formula is C15H20O5. The molecule has 2 fully saturated rings. The first-order valence-electron chi connectivity index (χ1n) is 6.86. The van der Waals surface area contributed by atoms with Gasteiger partial charge in [-0.15, -0.1) is 0 Å². The number of aliphatic hydroxyl groups is 1. The van der Waals surface area contributed by atoms with Gasteiger partial charge < -0.3 is 24.1 Å². The van der Waals surface area contributed by atoms with Crippen LogP contribution in [0.1, 0.15) is 12.0 Å². The van der Waals surface area contributed by atoms with Gasteiger partial charge in [-0.05, 0) is 5.56 Å². The molecule has 4 unspecified atom stereocenters. The number of fused-ring (bicyclic) bond motifs is 2. The molecule has 2 aliphatic rings. The van der Waals surface area contributed by atoms with Crippen LogP contribution >= 0.6 is 0 Å². The molecule has 3 rings (SSSR count). The minimum Gasteiger partial charge on any atom is -0.393 e. The van der Waals surface area contributed by atoms with E-state index >= 15 is 0 Å². The number of hydrogen-bond donors (Lipinski definition) is 1. The van der Waals surface area contributed by atoms with Crippen LogP contribution in [0.3, 0.4) is 0 Å². The zero-order valence-electron chi connectivity index (χ0n) is 11.5. The number of rotatable bonds is 5. The van der Waals surface area contributed by atoms with Crippen LogP contribution < -0.4 is 0 Å². The first-order valence-corrected chi connectivity index (χ1v) is 6.86. The lowest BCUT2D eigenvalue weighted by Gasteiger charge is -2.40. The second-order valence-electron chi connectivity index (χ2n) is 5.31. The van der Waals surface area contributed by atoms with Crippen LogP contribution in [-0.4, -0.2) is 49.5 Å². The second kappa shape index (κ2) is 5.79. The summed E-state index contributed by atoms with van der Waals surface area (Å²) >= 11 is 0. The van der Waals surface area contributed by atoms with Crippen LogP contribution in [-0.2, 0) is 25.6 Å². The fourth-order valence-electron chi connectivity index (χ4n) is 2.89. The second-order valence-corrected chi connectivity index (χ2v) is 5.31. The molecule has 5 nitrogen and oxygen atoms in total. The standard InChI is InChI=1S/C15H20O5/c1-17-13-7-12-14(15(9-16,20-13)10-19-12)18-8-11-5-3-2-4-6-11/h2-6,12-14,16H,7-10H2,1H3. The lowest BCUT2D eigenvalue weighted by molar-refractivity contribution is -0.266. The van der Waals surface area contributed by atoms with Crippen molar-refractivity contribution in [2.75, 3.05) is 20.3 Å². The van der Waals surface area contributed by atoms with Crippen molar-refractivity contribution >= 4 is 0 Å². The average Bonchev–Trinajstić information content (AvgIpc) is 2.72. The fraction of sp³-hybridized carbons (Fsp3) is 0.600. The molecule has 5 heteroatoms. The Balaban J connectivity index is 1.69. The van der Waals surface area contributed by atoms with Gasteiger partial charge in [0.1, 0.15) is 11.7 Å². The highest BCUT2D eigenvalue weighted by Gasteiger charge is 2.57. The van der Waals surface area contributed by atoms with Gasteiger partial charge >= 0.3 is 0 Å². The molecule has 2 bridgehead atoms. The third-order valence-electron chi connectivity index (χ3n) is 3.99. The molecular weight excluding hydrogens is 260 g/mol. The maximum Gasteiger partial charge on any atom is 0.160 e. The van der Waals surface area contributed by atoms with Gasteiger partial charge in [-0.1, -0.05) is 30.3 Å². The normalized spacial score (nSPS) is 36.2. The highest BCUT2D eigenvalue weighted by Crippen LogP contribution is 2.39. The van der Waals surface area contributed by atoms with Gasteiger partial charge in [-0.25, -0.2) is 0 Å². The molecule has 0 spiro atoms. The Morgan fingerprint density at radius 1 is 1.35 bits per heavy atom. The Morgan fingerprint density at radius 2 is 2.15 bits per heavy atom. The van der Waals surface area contributed by atoms with Crippen molar-refractivity contribution in [3.8, 4) is 0 Å². The van der Waals surface area contributed by atoms with Crippen LogP contribution in [0.15, 0.2) is 30.3 Å². The minimum atomic E-state index is -0.807. The van der Waals surface area contributed by atoms with Crippen molar-refractivity contribution in [1.29, 1.82) is 0 Å². The lowest BCUT2D eigenvalue weighted by Crippen LogP contribution is -2.57. The summed E-state index contributed by atoms with van der Waals surface area (Å²) in [7, 11) is 1.60. The van der Waals surface area contributed by atoms with E-state index in [9.17, 15) is 5.11 Å². The molecule has 4 atom stereocenters. The Hall–Kier alpha value is -0.980. The summed E-state index contributed by atoms with van der Waals surface area (Å²) in [6.45, 7) is 0.685. The Morgan fingerprint density at radius 3 is 2.85 bits per heavy atom. The summed E-state index contributed by atoms with van der Waals surface area (Å²) in [4.78, 5) is 0. The van der Waals surface area contributed by atoms with E-state index in [4.69, 9.17) is 18.9 Å². The van der Waals surface area contributed by atoms with E-state index in [0.717, 1.165) is 5.56 Å². The van der Waals surface area contributed by atoms with E-state index < -0.39 is 5.60 Å². The molecule has 0 aromatic heterocycles. The zero-order chi connectivity index (χ0) is 14.0. The zero-order valence-corrected chi connectivity index (χ0v) is 11.5. The average molecular weight is 280 g/mol. The van der Waals surface area contributed by atoms with E-state index in [-0.39, 0.29) is 25.1 Å². The number of benzene rings is 1. The van der Waals surface area contributed by atoms with Crippen molar-refractivity contribution in [1.82, 2.24) is 0 Å². The molecule has 1 aromatic rings. The van der Waals surface area contributed by atoms with E-state index in [1.807, 2.05) is 30.3 Å². The van der Waals surface area contributed by atoms with E-state index in [2.05, 4.69) is 0 Å². The van der Waals surface area contributed by atoms with Crippen LogP contribution in [0, 0.1) is 0 Å². The summed E-state index contributed by atoms with van der Waals surface area (Å²) in [5, 5.41) is 9.71. The molecule has 0 radical (unpaired) electrons. The summed E-state index contributed by atoms with van der Waals surface area (Å²) in [5.74, 6) is 0. The van der Waals surface area contributed by atoms with Gasteiger partial charge in [-0.3, -0.25) is 0 Å². The molecule has 2 heterocycles. The number of aliphatic hydroxyl groups excluding tert-OH is 1. The monoisotopic (exact) mass is 280 g/mol. The topological polar surface area (TPSA) is 57.2 Å². The van der Waals surface area contributed by atoms with Crippen LogP contribution in [0.2, 0.25) is 0 Å². The number of ether oxygens (including phenoxy) is 4. The van der Waals surface area contributed by atoms with E-state index in [0.29, 0.717) is 19.6 Å². The van der Waals surface area contributed by atoms with E-state index in [1.54, 1.807) is 7.11 Å². The van der Waals surface area contributed by atoms with E-state index in [1.165, 1.54) is 0 Å². The largest absolute Gasteiger partial charge is 0.393 e. The molecule has 2 aliphatic heterocycles. The predicted molar refractivity (Wildman–Crippen MR) is 71.1 cm³/mol. The minimum absolute atomic E-state index is 0.0930.